The minimum atomic E-state index is -0.717. The van der Waals surface area contributed by atoms with Crippen LogP contribution in [0.3, 0.4) is 0 Å². The zero-order valence-corrected chi connectivity index (χ0v) is 13.0. The van der Waals surface area contributed by atoms with E-state index < -0.39 is 11.7 Å². The van der Waals surface area contributed by atoms with Crippen LogP contribution in [0.2, 0.25) is 0 Å². The van der Waals surface area contributed by atoms with Gasteiger partial charge in [-0.2, -0.15) is 4.68 Å². The SMILES string of the molecule is CC(C)NC(=O)CNC(=O)Cn1nc(-c2cccs2)oc1=O. The van der Waals surface area contributed by atoms with Crippen LogP contribution in [-0.2, 0) is 16.1 Å². The van der Waals surface area contributed by atoms with Gasteiger partial charge in [-0.1, -0.05) is 6.07 Å². The summed E-state index contributed by atoms with van der Waals surface area (Å²) in [5, 5.41) is 10.8. The van der Waals surface area contributed by atoms with E-state index in [0.29, 0.717) is 4.88 Å². The molecule has 0 saturated heterocycles. The van der Waals surface area contributed by atoms with Gasteiger partial charge in [0.25, 0.3) is 5.89 Å². The van der Waals surface area contributed by atoms with E-state index in [0.717, 1.165) is 4.68 Å². The lowest BCUT2D eigenvalue weighted by atomic mass is 10.4. The molecule has 0 spiro atoms. The molecule has 118 valence electrons. The van der Waals surface area contributed by atoms with E-state index in [2.05, 4.69) is 15.7 Å². The van der Waals surface area contributed by atoms with Gasteiger partial charge in [0.1, 0.15) is 6.54 Å². The highest BCUT2D eigenvalue weighted by Gasteiger charge is 2.14. The molecule has 0 saturated carbocycles. The standard InChI is InChI=1S/C13H16N4O4S/c1-8(2)15-10(18)6-14-11(19)7-17-13(20)21-12(16-17)9-4-3-5-22-9/h3-5,8H,6-7H2,1-2H3,(H,14,19)(H,15,18). The Morgan fingerprint density at radius 2 is 2.18 bits per heavy atom. The second kappa shape index (κ2) is 7.03. The molecule has 2 rings (SSSR count). The third-order valence-corrected chi connectivity index (χ3v) is 3.39. The Balaban J connectivity index is 1.92. The molecular formula is C13H16N4O4S. The highest BCUT2D eigenvalue weighted by molar-refractivity contribution is 7.13. The molecule has 0 aromatic carbocycles. The van der Waals surface area contributed by atoms with Crippen LogP contribution in [-0.4, -0.2) is 34.2 Å². The first-order chi connectivity index (χ1) is 10.5. The molecule has 0 aliphatic rings. The topological polar surface area (TPSA) is 106 Å². The van der Waals surface area contributed by atoms with Gasteiger partial charge in [-0.05, 0) is 25.3 Å². The number of hydrogen-bond acceptors (Lipinski definition) is 6. The van der Waals surface area contributed by atoms with Crippen molar-refractivity contribution in [2.75, 3.05) is 6.54 Å². The second-order valence-electron chi connectivity index (χ2n) is 4.81. The van der Waals surface area contributed by atoms with Crippen molar-refractivity contribution in [2.24, 2.45) is 0 Å². The highest BCUT2D eigenvalue weighted by Crippen LogP contribution is 2.20. The first kappa shape index (κ1) is 16.0. The zero-order valence-electron chi connectivity index (χ0n) is 12.2. The van der Waals surface area contributed by atoms with Crippen molar-refractivity contribution in [2.45, 2.75) is 26.4 Å². The summed E-state index contributed by atoms with van der Waals surface area (Å²) in [5.74, 6) is -1.34. The van der Waals surface area contributed by atoms with E-state index in [9.17, 15) is 14.4 Å². The van der Waals surface area contributed by atoms with Crippen molar-refractivity contribution in [1.29, 1.82) is 0 Å². The minimum Gasteiger partial charge on any atom is -0.387 e. The first-order valence-corrected chi connectivity index (χ1v) is 7.51. The van der Waals surface area contributed by atoms with Gasteiger partial charge in [-0.15, -0.1) is 16.4 Å². The van der Waals surface area contributed by atoms with Gasteiger partial charge in [0, 0.05) is 6.04 Å². The summed E-state index contributed by atoms with van der Waals surface area (Å²) in [6.07, 6.45) is 0. The number of rotatable bonds is 6. The van der Waals surface area contributed by atoms with Crippen molar-refractivity contribution >= 4 is 23.2 Å². The number of nitrogens with zero attached hydrogens (tertiary/aromatic N) is 2. The van der Waals surface area contributed by atoms with Crippen molar-refractivity contribution in [3.05, 3.63) is 28.1 Å². The van der Waals surface area contributed by atoms with Crippen LogP contribution in [0.25, 0.3) is 10.8 Å². The van der Waals surface area contributed by atoms with E-state index in [-0.39, 0.29) is 30.9 Å². The molecular weight excluding hydrogens is 308 g/mol. The maximum absolute atomic E-state index is 11.7. The highest BCUT2D eigenvalue weighted by atomic mass is 32.1. The predicted molar refractivity (Wildman–Crippen MR) is 80.4 cm³/mol. The van der Waals surface area contributed by atoms with E-state index in [1.165, 1.54) is 11.3 Å². The van der Waals surface area contributed by atoms with Gasteiger partial charge in [0.15, 0.2) is 0 Å². The lowest BCUT2D eigenvalue weighted by Gasteiger charge is -2.08. The number of nitrogens with one attached hydrogen (secondary N) is 2. The normalized spacial score (nSPS) is 10.7. The lowest BCUT2D eigenvalue weighted by Crippen LogP contribution is -2.41. The lowest BCUT2D eigenvalue weighted by molar-refractivity contribution is -0.126. The Morgan fingerprint density at radius 1 is 1.41 bits per heavy atom. The smallest absolute Gasteiger partial charge is 0.387 e. The summed E-state index contributed by atoms with van der Waals surface area (Å²) in [6.45, 7) is 3.19. The molecule has 0 bridgehead atoms. The summed E-state index contributed by atoms with van der Waals surface area (Å²) in [4.78, 5) is 35.5. The maximum atomic E-state index is 11.7. The van der Waals surface area contributed by atoms with Crippen LogP contribution in [0.1, 0.15) is 13.8 Å². The molecule has 2 amide bonds. The van der Waals surface area contributed by atoms with Gasteiger partial charge in [-0.25, -0.2) is 4.79 Å². The Bertz CT molecular complexity index is 702. The Hall–Kier alpha value is -2.42. The van der Waals surface area contributed by atoms with Crippen LogP contribution in [0.5, 0.6) is 0 Å². The quantitative estimate of drug-likeness (QED) is 0.790. The predicted octanol–water partition coefficient (Wildman–Crippen LogP) is 0.206. The Morgan fingerprint density at radius 3 is 2.82 bits per heavy atom. The van der Waals surface area contributed by atoms with E-state index in [4.69, 9.17) is 4.42 Å². The largest absolute Gasteiger partial charge is 0.437 e. The fourth-order valence-corrected chi connectivity index (χ4v) is 2.29. The van der Waals surface area contributed by atoms with E-state index in [1.54, 1.807) is 12.1 Å². The summed E-state index contributed by atoms with van der Waals surface area (Å²) in [6, 6.07) is 3.56. The third-order valence-electron chi connectivity index (χ3n) is 2.53. The summed E-state index contributed by atoms with van der Waals surface area (Å²) >= 11 is 1.37. The van der Waals surface area contributed by atoms with Gasteiger partial charge < -0.3 is 15.1 Å². The fraction of sp³-hybridized carbons (Fsp3) is 0.385. The molecule has 0 unspecified atom stereocenters. The van der Waals surface area contributed by atoms with Crippen LogP contribution >= 0.6 is 11.3 Å². The molecule has 2 aromatic rings. The third kappa shape index (κ3) is 4.29. The molecule has 0 atom stereocenters. The van der Waals surface area contributed by atoms with Crippen LogP contribution in [0.4, 0.5) is 0 Å². The van der Waals surface area contributed by atoms with Crippen molar-refractivity contribution < 1.29 is 14.0 Å². The molecule has 2 N–H and O–H groups in total. The summed E-state index contributed by atoms with van der Waals surface area (Å²) in [5.41, 5.74) is 0. The molecule has 0 aliphatic carbocycles. The maximum Gasteiger partial charge on any atom is 0.437 e. The van der Waals surface area contributed by atoms with E-state index in [1.807, 2.05) is 19.2 Å². The van der Waals surface area contributed by atoms with Gasteiger partial charge in [-0.3, -0.25) is 9.59 Å². The fourth-order valence-electron chi connectivity index (χ4n) is 1.65. The molecule has 2 heterocycles. The average molecular weight is 324 g/mol. The average Bonchev–Trinajstić information content (AvgIpc) is 3.06. The molecule has 22 heavy (non-hydrogen) atoms. The van der Waals surface area contributed by atoms with Gasteiger partial charge in [0.2, 0.25) is 11.8 Å². The Kier molecular flexibility index (Phi) is 5.10. The molecule has 0 fully saturated rings. The molecule has 2 aromatic heterocycles. The van der Waals surface area contributed by atoms with Crippen molar-refractivity contribution in [1.82, 2.24) is 20.4 Å². The zero-order chi connectivity index (χ0) is 16.1. The van der Waals surface area contributed by atoms with E-state index >= 15 is 0 Å². The van der Waals surface area contributed by atoms with Gasteiger partial charge >= 0.3 is 5.76 Å². The minimum absolute atomic E-state index is 0.00378. The van der Waals surface area contributed by atoms with Crippen LogP contribution in [0, 0.1) is 0 Å². The first-order valence-electron chi connectivity index (χ1n) is 6.63. The number of carbonyl (C=O) groups is 2. The molecule has 9 heteroatoms. The van der Waals surface area contributed by atoms with Crippen LogP contribution < -0.4 is 16.4 Å². The number of aromatic nitrogens is 2. The number of carbonyl (C=O) groups excluding carboxylic acids is 2. The van der Waals surface area contributed by atoms with Crippen molar-refractivity contribution in [3.63, 3.8) is 0 Å². The molecule has 0 radical (unpaired) electrons. The molecule has 8 nitrogen and oxygen atoms in total. The second-order valence-corrected chi connectivity index (χ2v) is 5.75. The van der Waals surface area contributed by atoms with Crippen LogP contribution in [0.15, 0.2) is 26.7 Å². The summed E-state index contributed by atoms with van der Waals surface area (Å²) in [7, 11) is 0. The Labute approximate surface area is 130 Å². The van der Waals surface area contributed by atoms with Crippen molar-refractivity contribution in [3.8, 4) is 10.8 Å². The number of hydrogen-bond donors (Lipinski definition) is 2. The molecule has 0 aliphatic heterocycles. The number of amides is 2. The number of thiophene rings is 1. The summed E-state index contributed by atoms with van der Waals surface area (Å²) < 4.78 is 5.91. The van der Waals surface area contributed by atoms with Gasteiger partial charge in [0.05, 0.1) is 11.4 Å². The monoisotopic (exact) mass is 324 g/mol.